The van der Waals surface area contributed by atoms with Crippen LogP contribution in [-0.4, -0.2) is 55.0 Å². The Bertz CT molecular complexity index is 787. The van der Waals surface area contributed by atoms with Gasteiger partial charge in [-0.1, -0.05) is 18.2 Å². The Balaban J connectivity index is 1.58. The molecule has 1 amide bonds. The fourth-order valence-electron chi connectivity index (χ4n) is 3.37. The molecule has 2 aromatic rings. The molecule has 1 saturated heterocycles. The van der Waals surface area contributed by atoms with Crippen molar-refractivity contribution in [3.05, 3.63) is 64.7 Å². The maximum absolute atomic E-state index is 12.8. The number of carbonyl (C=O) groups is 1. The van der Waals surface area contributed by atoms with E-state index in [1.54, 1.807) is 24.1 Å². The van der Waals surface area contributed by atoms with Crippen LogP contribution in [0.5, 0.6) is 0 Å². The maximum atomic E-state index is 12.8. The number of hydrogen-bond acceptors (Lipinski definition) is 5. The number of carbonyl (C=O) groups excluding carboxylic acids is 1. The first-order valence-corrected chi connectivity index (χ1v) is 9.03. The van der Waals surface area contributed by atoms with Crippen LogP contribution < -0.4 is 9.80 Å². The number of rotatable bonds is 5. The molecule has 1 aliphatic rings. The fourth-order valence-corrected chi connectivity index (χ4v) is 3.37. The summed E-state index contributed by atoms with van der Waals surface area (Å²) in [7, 11) is 1.81. The number of amides is 1. The lowest BCUT2D eigenvalue weighted by Gasteiger charge is -2.39. The second-order valence-electron chi connectivity index (χ2n) is 6.71. The van der Waals surface area contributed by atoms with Crippen LogP contribution in [0, 0.1) is 10.1 Å². The lowest BCUT2D eigenvalue weighted by atomic mass is 10.1. The van der Waals surface area contributed by atoms with Crippen LogP contribution in [-0.2, 0) is 4.79 Å². The van der Waals surface area contributed by atoms with E-state index in [1.165, 1.54) is 12.1 Å². The molecular weight excluding hydrogens is 344 g/mol. The van der Waals surface area contributed by atoms with Crippen LogP contribution in [0.3, 0.4) is 0 Å². The van der Waals surface area contributed by atoms with Crippen LogP contribution in [0.2, 0.25) is 0 Å². The minimum atomic E-state index is -0.391. The second-order valence-corrected chi connectivity index (χ2v) is 6.71. The quantitative estimate of drug-likeness (QED) is 0.600. The Morgan fingerprint density at radius 2 is 1.63 bits per heavy atom. The summed E-state index contributed by atoms with van der Waals surface area (Å²) in [4.78, 5) is 29.3. The SMILES string of the molecule is C[C@H](C(=O)N(C)c1ccccc1)N1CCN(c2ccc([N+](=O)[O-])cc2)CC1. The van der Waals surface area contributed by atoms with Gasteiger partial charge in [-0.2, -0.15) is 0 Å². The van der Waals surface area contributed by atoms with Crippen molar-refractivity contribution in [3.8, 4) is 0 Å². The molecule has 1 aliphatic heterocycles. The summed E-state index contributed by atoms with van der Waals surface area (Å²) in [6, 6.07) is 16.1. The summed E-state index contributed by atoms with van der Waals surface area (Å²) < 4.78 is 0. The van der Waals surface area contributed by atoms with E-state index in [2.05, 4.69) is 9.80 Å². The van der Waals surface area contributed by atoms with E-state index >= 15 is 0 Å². The molecule has 2 aromatic carbocycles. The standard InChI is InChI=1S/C20H24N4O3/c1-16(20(25)21(2)17-6-4-3-5-7-17)22-12-14-23(15-13-22)18-8-10-19(11-9-18)24(26)27/h3-11,16H,12-15H2,1-2H3/t16-/m1/s1. The first-order valence-electron chi connectivity index (χ1n) is 9.03. The summed E-state index contributed by atoms with van der Waals surface area (Å²) in [5.74, 6) is 0.0741. The van der Waals surface area contributed by atoms with E-state index < -0.39 is 4.92 Å². The molecular formula is C20H24N4O3. The number of non-ortho nitro benzene ring substituents is 1. The predicted molar refractivity (Wildman–Crippen MR) is 106 cm³/mol. The van der Waals surface area contributed by atoms with Crippen molar-refractivity contribution in [1.82, 2.24) is 4.90 Å². The number of piperazine rings is 1. The summed E-state index contributed by atoms with van der Waals surface area (Å²) in [6.45, 7) is 5.05. The number of para-hydroxylation sites is 1. The minimum absolute atomic E-state index is 0.0741. The molecule has 27 heavy (non-hydrogen) atoms. The Morgan fingerprint density at radius 1 is 1.04 bits per heavy atom. The van der Waals surface area contributed by atoms with Gasteiger partial charge in [0.1, 0.15) is 0 Å². The smallest absolute Gasteiger partial charge is 0.269 e. The number of anilines is 2. The third kappa shape index (κ3) is 4.25. The molecule has 1 fully saturated rings. The fraction of sp³-hybridized carbons (Fsp3) is 0.350. The van der Waals surface area contributed by atoms with Gasteiger partial charge in [-0.05, 0) is 31.2 Å². The lowest BCUT2D eigenvalue weighted by Crippen LogP contribution is -2.54. The van der Waals surface area contributed by atoms with Crippen molar-refractivity contribution < 1.29 is 9.72 Å². The van der Waals surface area contributed by atoms with E-state index in [4.69, 9.17) is 0 Å². The number of nitrogens with zero attached hydrogens (tertiary/aromatic N) is 4. The molecule has 0 N–H and O–H groups in total. The van der Waals surface area contributed by atoms with Gasteiger partial charge in [0.15, 0.2) is 0 Å². The van der Waals surface area contributed by atoms with Crippen molar-refractivity contribution in [2.24, 2.45) is 0 Å². The Kier molecular flexibility index (Phi) is 5.71. The number of nitro groups is 1. The van der Waals surface area contributed by atoms with Crippen LogP contribution in [0.1, 0.15) is 6.92 Å². The van der Waals surface area contributed by atoms with Crippen molar-refractivity contribution in [2.75, 3.05) is 43.0 Å². The highest BCUT2D eigenvalue weighted by molar-refractivity contribution is 5.96. The van der Waals surface area contributed by atoms with Crippen LogP contribution in [0.25, 0.3) is 0 Å². The Labute approximate surface area is 158 Å². The van der Waals surface area contributed by atoms with Gasteiger partial charge in [0, 0.05) is 56.7 Å². The van der Waals surface area contributed by atoms with Crippen molar-refractivity contribution in [3.63, 3.8) is 0 Å². The lowest BCUT2D eigenvalue weighted by molar-refractivity contribution is -0.384. The topological polar surface area (TPSA) is 69.9 Å². The monoisotopic (exact) mass is 368 g/mol. The highest BCUT2D eigenvalue weighted by Crippen LogP contribution is 2.22. The molecule has 3 rings (SSSR count). The number of benzene rings is 2. The summed E-state index contributed by atoms with van der Waals surface area (Å²) in [5.41, 5.74) is 1.96. The molecule has 142 valence electrons. The summed E-state index contributed by atoms with van der Waals surface area (Å²) >= 11 is 0. The first kappa shape index (κ1) is 18.8. The molecule has 7 heteroatoms. The van der Waals surface area contributed by atoms with E-state index in [0.29, 0.717) is 0 Å². The molecule has 0 aliphatic carbocycles. The van der Waals surface area contributed by atoms with E-state index in [9.17, 15) is 14.9 Å². The molecule has 0 spiro atoms. The van der Waals surface area contributed by atoms with Crippen molar-refractivity contribution in [2.45, 2.75) is 13.0 Å². The second kappa shape index (κ2) is 8.18. The van der Waals surface area contributed by atoms with Gasteiger partial charge in [-0.15, -0.1) is 0 Å². The molecule has 0 bridgehead atoms. The average Bonchev–Trinajstić information content (AvgIpc) is 2.73. The molecule has 7 nitrogen and oxygen atoms in total. The Hall–Kier alpha value is -2.93. The van der Waals surface area contributed by atoms with Crippen LogP contribution in [0.4, 0.5) is 17.1 Å². The third-order valence-electron chi connectivity index (χ3n) is 5.12. The minimum Gasteiger partial charge on any atom is -0.369 e. The zero-order valence-electron chi connectivity index (χ0n) is 15.6. The van der Waals surface area contributed by atoms with Gasteiger partial charge in [0.2, 0.25) is 5.91 Å². The zero-order chi connectivity index (χ0) is 19.4. The molecule has 0 radical (unpaired) electrons. The number of hydrogen-bond donors (Lipinski definition) is 0. The molecule has 1 heterocycles. The van der Waals surface area contributed by atoms with Crippen molar-refractivity contribution in [1.29, 1.82) is 0 Å². The molecule has 0 unspecified atom stereocenters. The number of nitro benzene ring substituents is 1. The van der Waals surface area contributed by atoms with Gasteiger partial charge >= 0.3 is 0 Å². The predicted octanol–water partition coefficient (Wildman–Crippen LogP) is 2.77. The maximum Gasteiger partial charge on any atom is 0.269 e. The summed E-state index contributed by atoms with van der Waals surface area (Å²) in [5, 5.41) is 10.8. The van der Waals surface area contributed by atoms with Gasteiger partial charge in [-0.3, -0.25) is 19.8 Å². The molecule has 1 atom stereocenters. The first-order chi connectivity index (χ1) is 13.0. The zero-order valence-corrected chi connectivity index (χ0v) is 15.6. The third-order valence-corrected chi connectivity index (χ3v) is 5.12. The number of likely N-dealkylation sites (N-methyl/N-ethyl adjacent to an activating group) is 1. The van der Waals surface area contributed by atoms with Crippen LogP contribution >= 0.6 is 0 Å². The van der Waals surface area contributed by atoms with E-state index in [-0.39, 0.29) is 17.6 Å². The largest absolute Gasteiger partial charge is 0.369 e. The molecule has 0 saturated carbocycles. The average molecular weight is 368 g/mol. The van der Waals surface area contributed by atoms with Gasteiger partial charge in [0.05, 0.1) is 11.0 Å². The van der Waals surface area contributed by atoms with Crippen LogP contribution in [0.15, 0.2) is 54.6 Å². The normalized spacial score (nSPS) is 16.0. The molecule has 0 aromatic heterocycles. The van der Waals surface area contributed by atoms with Gasteiger partial charge in [0.25, 0.3) is 5.69 Å². The van der Waals surface area contributed by atoms with Gasteiger partial charge in [-0.25, -0.2) is 0 Å². The summed E-state index contributed by atoms with van der Waals surface area (Å²) in [6.07, 6.45) is 0. The van der Waals surface area contributed by atoms with Crippen molar-refractivity contribution >= 4 is 23.0 Å². The highest BCUT2D eigenvalue weighted by atomic mass is 16.6. The Morgan fingerprint density at radius 3 is 2.19 bits per heavy atom. The van der Waals surface area contributed by atoms with Gasteiger partial charge < -0.3 is 9.80 Å². The van der Waals surface area contributed by atoms with E-state index in [0.717, 1.165) is 37.6 Å². The highest BCUT2D eigenvalue weighted by Gasteiger charge is 2.28. The van der Waals surface area contributed by atoms with E-state index in [1.807, 2.05) is 37.3 Å².